The van der Waals surface area contributed by atoms with Crippen molar-refractivity contribution < 1.29 is 38.1 Å². The van der Waals surface area contributed by atoms with Crippen molar-refractivity contribution in [1.29, 1.82) is 0 Å². The van der Waals surface area contributed by atoms with Crippen LogP contribution in [-0.4, -0.2) is 46.3 Å². The first-order chi connectivity index (χ1) is 19.0. The monoisotopic (exact) mass is 626 g/mol. The summed E-state index contributed by atoms with van der Waals surface area (Å²) in [4.78, 5) is 52.0. The molecule has 0 aliphatic heterocycles. The van der Waals surface area contributed by atoms with Gasteiger partial charge in [0.25, 0.3) is 0 Å². The number of rotatable bonds is 13. The molecule has 0 spiro atoms. The number of carbonyl (C=O) groups is 4. The molecule has 8 heteroatoms. The molecule has 0 bridgehead atoms. The van der Waals surface area contributed by atoms with E-state index in [1.807, 2.05) is 27.7 Å². The SMILES string of the molecule is CC(C)(C)OC(=O)CCCC(=O)OC(C)(C)C(C)(C)C(C)(C)OC(=O)C(C)(C)C(=O)OC(C)(C)C(C)(C)C(C)(C)C(C)(C)C. The minimum Gasteiger partial charge on any atom is -0.460 e. The number of hydrogen-bond donors (Lipinski definition) is 0. The average molecular weight is 627 g/mol. The van der Waals surface area contributed by atoms with Gasteiger partial charge in [0.2, 0.25) is 0 Å². The van der Waals surface area contributed by atoms with Crippen molar-refractivity contribution in [3.63, 3.8) is 0 Å². The fourth-order valence-electron chi connectivity index (χ4n) is 4.70. The fraction of sp³-hybridized carbons (Fsp3) is 0.889. The molecule has 0 unspecified atom stereocenters. The molecule has 0 aromatic carbocycles. The summed E-state index contributed by atoms with van der Waals surface area (Å²) in [5.74, 6) is -2.25. The lowest BCUT2D eigenvalue weighted by molar-refractivity contribution is -0.217. The van der Waals surface area contributed by atoms with E-state index < -0.39 is 56.6 Å². The van der Waals surface area contributed by atoms with E-state index in [0.717, 1.165) is 0 Å². The quantitative estimate of drug-likeness (QED) is 0.114. The summed E-state index contributed by atoms with van der Waals surface area (Å²) in [6.45, 7) is 37.9. The Morgan fingerprint density at radius 3 is 1.07 bits per heavy atom. The Balaban J connectivity index is 5.74. The van der Waals surface area contributed by atoms with Crippen molar-refractivity contribution in [3.8, 4) is 0 Å². The van der Waals surface area contributed by atoms with Gasteiger partial charge in [-0.15, -0.1) is 0 Å². The average Bonchev–Trinajstić information content (AvgIpc) is 2.75. The number of hydrogen-bond acceptors (Lipinski definition) is 8. The van der Waals surface area contributed by atoms with Gasteiger partial charge in [0.05, 0.1) is 0 Å². The molecule has 0 amide bonds. The van der Waals surface area contributed by atoms with Crippen molar-refractivity contribution in [1.82, 2.24) is 0 Å². The third-order valence-electron chi connectivity index (χ3n) is 11.2. The third-order valence-corrected chi connectivity index (χ3v) is 11.2. The maximum absolute atomic E-state index is 13.6. The van der Waals surface area contributed by atoms with Crippen LogP contribution in [0, 0.1) is 27.1 Å². The van der Waals surface area contributed by atoms with E-state index in [9.17, 15) is 19.2 Å². The van der Waals surface area contributed by atoms with Crippen molar-refractivity contribution in [2.75, 3.05) is 0 Å². The highest BCUT2D eigenvalue weighted by molar-refractivity contribution is 5.99. The second kappa shape index (κ2) is 12.9. The van der Waals surface area contributed by atoms with E-state index in [1.54, 1.807) is 48.5 Å². The Kier molecular flexibility index (Phi) is 12.3. The number of ether oxygens (including phenoxy) is 4. The van der Waals surface area contributed by atoms with Gasteiger partial charge in [0.15, 0.2) is 5.41 Å². The Bertz CT molecular complexity index is 1060. The van der Waals surface area contributed by atoms with Crippen LogP contribution in [0.5, 0.6) is 0 Å². The van der Waals surface area contributed by atoms with Crippen LogP contribution in [0.25, 0.3) is 0 Å². The Morgan fingerprint density at radius 1 is 0.409 bits per heavy atom. The molecule has 0 atom stereocenters. The summed E-state index contributed by atoms with van der Waals surface area (Å²) in [5.41, 5.74) is -7.02. The van der Waals surface area contributed by atoms with Gasteiger partial charge < -0.3 is 18.9 Å². The number of esters is 4. The Morgan fingerprint density at radius 2 is 0.727 bits per heavy atom. The van der Waals surface area contributed by atoms with Crippen LogP contribution in [0.1, 0.15) is 158 Å². The molecule has 0 N–H and O–H groups in total. The predicted octanol–water partition coefficient (Wildman–Crippen LogP) is 8.61. The number of carbonyl (C=O) groups excluding carboxylic acids is 4. The highest BCUT2D eigenvalue weighted by atomic mass is 16.6. The Hall–Kier alpha value is -2.12. The zero-order chi connectivity index (χ0) is 35.8. The molecule has 0 radical (unpaired) electrons. The topological polar surface area (TPSA) is 105 Å². The van der Waals surface area contributed by atoms with Gasteiger partial charge in [-0.05, 0) is 93.4 Å². The van der Waals surface area contributed by atoms with Gasteiger partial charge in [0, 0.05) is 23.7 Å². The van der Waals surface area contributed by atoms with E-state index in [-0.39, 0.29) is 29.6 Å². The van der Waals surface area contributed by atoms with E-state index in [2.05, 4.69) is 48.5 Å². The molecular weight excluding hydrogens is 560 g/mol. The standard InChI is InChI=1S/C36H66O8/c1-28(2,3)31(9,10)32(11,12)34(15,16)43-26(39)30(7,8)27(40)44-36(19,20)33(13,14)35(17,18)42-25(38)23-21-22-24(37)41-29(4,5)6/h21-23H2,1-20H3. The first-order valence-electron chi connectivity index (χ1n) is 15.9. The molecule has 8 nitrogen and oxygen atoms in total. The largest absolute Gasteiger partial charge is 0.460 e. The van der Waals surface area contributed by atoms with Gasteiger partial charge in [0.1, 0.15) is 22.4 Å². The molecule has 0 heterocycles. The maximum Gasteiger partial charge on any atom is 0.323 e. The maximum atomic E-state index is 13.6. The van der Waals surface area contributed by atoms with Crippen LogP contribution in [-0.2, 0) is 38.1 Å². The lowest BCUT2D eigenvalue weighted by Gasteiger charge is -2.57. The second-order valence-corrected chi connectivity index (χ2v) is 18.0. The van der Waals surface area contributed by atoms with Crippen LogP contribution in [0.15, 0.2) is 0 Å². The fourth-order valence-corrected chi connectivity index (χ4v) is 4.70. The minimum atomic E-state index is -1.60. The first-order valence-corrected chi connectivity index (χ1v) is 15.9. The summed E-state index contributed by atoms with van der Waals surface area (Å²) < 4.78 is 23.3. The molecule has 0 aromatic heterocycles. The summed E-state index contributed by atoms with van der Waals surface area (Å²) in [6, 6.07) is 0. The molecule has 0 aliphatic rings. The van der Waals surface area contributed by atoms with Crippen molar-refractivity contribution in [3.05, 3.63) is 0 Å². The predicted molar refractivity (Wildman–Crippen MR) is 175 cm³/mol. The van der Waals surface area contributed by atoms with E-state index in [1.165, 1.54) is 13.8 Å². The molecule has 0 rings (SSSR count). The van der Waals surface area contributed by atoms with Gasteiger partial charge in [-0.25, -0.2) is 0 Å². The second-order valence-electron chi connectivity index (χ2n) is 18.0. The van der Waals surface area contributed by atoms with Crippen LogP contribution < -0.4 is 0 Å². The molecule has 258 valence electrons. The van der Waals surface area contributed by atoms with Crippen LogP contribution in [0.2, 0.25) is 0 Å². The highest BCUT2D eigenvalue weighted by Gasteiger charge is 2.58. The zero-order valence-corrected chi connectivity index (χ0v) is 31.9. The third kappa shape index (κ3) is 9.22. The summed E-state index contributed by atoms with van der Waals surface area (Å²) in [7, 11) is 0. The molecule has 44 heavy (non-hydrogen) atoms. The molecule has 0 saturated heterocycles. The van der Waals surface area contributed by atoms with Crippen molar-refractivity contribution in [2.24, 2.45) is 27.1 Å². The smallest absolute Gasteiger partial charge is 0.323 e. The summed E-state index contributed by atoms with van der Waals surface area (Å²) in [5, 5.41) is 0. The minimum absolute atomic E-state index is 0.0377. The molecular formula is C36H66O8. The van der Waals surface area contributed by atoms with Crippen molar-refractivity contribution in [2.45, 2.75) is 180 Å². The van der Waals surface area contributed by atoms with Gasteiger partial charge in [-0.3, -0.25) is 19.2 Å². The Labute approximate surface area is 269 Å². The van der Waals surface area contributed by atoms with E-state index >= 15 is 0 Å². The lowest BCUT2D eigenvalue weighted by atomic mass is 9.51. The van der Waals surface area contributed by atoms with Crippen molar-refractivity contribution >= 4 is 23.9 Å². The van der Waals surface area contributed by atoms with Crippen LogP contribution >= 0.6 is 0 Å². The molecule has 0 saturated carbocycles. The van der Waals surface area contributed by atoms with Crippen LogP contribution in [0.3, 0.4) is 0 Å². The molecule has 0 aromatic rings. The van der Waals surface area contributed by atoms with Gasteiger partial charge >= 0.3 is 23.9 Å². The first kappa shape index (κ1) is 41.9. The van der Waals surface area contributed by atoms with Gasteiger partial charge in [-0.1, -0.05) is 62.3 Å². The molecule has 0 aliphatic carbocycles. The highest BCUT2D eigenvalue weighted by Crippen LogP contribution is 2.57. The van der Waals surface area contributed by atoms with E-state index in [0.29, 0.717) is 6.42 Å². The van der Waals surface area contributed by atoms with Gasteiger partial charge in [-0.2, -0.15) is 0 Å². The zero-order valence-electron chi connectivity index (χ0n) is 31.9. The summed E-state index contributed by atoms with van der Waals surface area (Å²) in [6.07, 6.45) is 0.432. The molecule has 0 fully saturated rings. The lowest BCUT2D eigenvalue weighted by Crippen LogP contribution is -2.59. The van der Waals surface area contributed by atoms with Crippen LogP contribution in [0.4, 0.5) is 0 Å². The van der Waals surface area contributed by atoms with E-state index in [4.69, 9.17) is 18.9 Å². The normalized spacial score (nSPS) is 14.5. The summed E-state index contributed by atoms with van der Waals surface area (Å²) >= 11 is 0.